The molecule has 0 saturated heterocycles. The van der Waals surface area contributed by atoms with Gasteiger partial charge in [-0.25, -0.2) is 14.2 Å². The van der Waals surface area contributed by atoms with Crippen LogP contribution in [0.3, 0.4) is 0 Å². The molecule has 31 heavy (non-hydrogen) atoms. The van der Waals surface area contributed by atoms with Gasteiger partial charge in [-0.3, -0.25) is 0 Å². The van der Waals surface area contributed by atoms with Gasteiger partial charge in [0, 0.05) is 12.1 Å². The van der Waals surface area contributed by atoms with Gasteiger partial charge in [0.2, 0.25) is 5.65 Å². The molecule has 0 spiro atoms. The fourth-order valence-electron chi connectivity index (χ4n) is 3.67. The van der Waals surface area contributed by atoms with Crippen molar-refractivity contribution in [1.29, 1.82) is 0 Å². The highest BCUT2D eigenvalue weighted by molar-refractivity contribution is 5.91. The van der Waals surface area contributed by atoms with Gasteiger partial charge in [-0.15, -0.1) is 5.10 Å². The molecule has 8 nitrogen and oxygen atoms in total. The van der Waals surface area contributed by atoms with Crippen LogP contribution >= 0.6 is 0 Å². The van der Waals surface area contributed by atoms with Crippen LogP contribution in [0.5, 0.6) is 5.75 Å². The van der Waals surface area contributed by atoms with E-state index in [0.717, 1.165) is 17.0 Å². The van der Waals surface area contributed by atoms with Gasteiger partial charge in [0.05, 0.1) is 24.0 Å². The number of nitrogens with two attached hydrogens (primary N) is 1. The van der Waals surface area contributed by atoms with E-state index in [2.05, 4.69) is 15.4 Å². The van der Waals surface area contributed by atoms with Crippen LogP contribution in [0.1, 0.15) is 5.56 Å². The molecule has 0 amide bonds. The molecule has 2 aromatic heterocycles. The maximum atomic E-state index is 13.2. The summed E-state index contributed by atoms with van der Waals surface area (Å²) in [5, 5.41) is 7.81. The number of hydrogen-bond donors (Lipinski definition) is 2. The summed E-state index contributed by atoms with van der Waals surface area (Å²) in [6.45, 7) is 0.529. The molecule has 8 heteroatoms. The number of nitrogens with one attached hydrogen (secondary N) is 1. The number of benzene rings is 3. The van der Waals surface area contributed by atoms with E-state index < -0.39 is 0 Å². The molecule has 0 aliphatic carbocycles. The summed E-state index contributed by atoms with van der Waals surface area (Å²) in [6.07, 6.45) is 0. The van der Waals surface area contributed by atoms with E-state index in [1.807, 2.05) is 72.8 Å². The Balaban J connectivity index is 1.64. The highest BCUT2D eigenvalue weighted by atomic mass is 16.5. The fourth-order valence-corrected chi connectivity index (χ4v) is 3.67. The molecule has 2 heterocycles. The van der Waals surface area contributed by atoms with Gasteiger partial charge < -0.3 is 15.8 Å². The first-order valence-electron chi connectivity index (χ1n) is 9.78. The molecular formula is C23H20N6O2. The monoisotopic (exact) mass is 412 g/mol. The number of fused-ring (bicyclic) bond motifs is 3. The Hall–Kier alpha value is -4.33. The molecule has 5 aromatic rings. The third-order valence-corrected chi connectivity index (χ3v) is 5.16. The Morgan fingerprint density at radius 3 is 2.58 bits per heavy atom. The van der Waals surface area contributed by atoms with Gasteiger partial charge in [0.15, 0.2) is 5.82 Å². The topological polar surface area (TPSA) is 99.5 Å². The molecule has 0 aliphatic heterocycles. The molecule has 154 valence electrons. The maximum Gasteiger partial charge on any atom is 0.355 e. The van der Waals surface area contributed by atoms with E-state index in [0.29, 0.717) is 28.9 Å². The average Bonchev–Trinajstić information content (AvgIpc) is 3.17. The first-order chi connectivity index (χ1) is 15.2. The molecule has 3 aromatic carbocycles. The Morgan fingerprint density at radius 1 is 1.00 bits per heavy atom. The van der Waals surface area contributed by atoms with Crippen LogP contribution in [-0.4, -0.2) is 26.3 Å². The number of para-hydroxylation sites is 3. The number of nitrogen functional groups attached to an aromatic ring is 1. The third-order valence-electron chi connectivity index (χ3n) is 5.16. The molecule has 0 bridgehead atoms. The van der Waals surface area contributed by atoms with Crippen LogP contribution in [0, 0.1) is 0 Å². The zero-order valence-electron chi connectivity index (χ0n) is 16.8. The minimum Gasteiger partial charge on any atom is -0.496 e. The van der Waals surface area contributed by atoms with Gasteiger partial charge in [0.1, 0.15) is 11.3 Å². The van der Waals surface area contributed by atoms with Gasteiger partial charge in [-0.1, -0.05) is 42.5 Å². The second-order valence-electron chi connectivity index (χ2n) is 7.02. The van der Waals surface area contributed by atoms with Crippen molar-refractivity contribution in [2.24, 2.45) is 0 Å². The summed E-state index contributed by atoms with van der Waals surface area (Å²) in [7, 11) is 1.65. The molecule has 0 saturated carbocycles. The van der Waals surface area contributed by atoms with E-state index in [4.69, 9.17) is 10.5 Å². The Bertz CT molecular complexity index is 1460. The van der Waals surface area contributed by atoms with Crippen molar-refractivity contribution in [2.75, 3.05) is 18.2 Å². The largest absolute Gasteiger partial charge is 0.496 e. The molecule has 0 radical (unpaired) electrons. The maximum absolute atomic E-state index is 13.2. The van der Waals surface area contributed by atoms with Gasteiger partial charge in [-0.05, 0) is 30.3 Å². The Kier molecular flexibility index (Phi) is 4.51. The Labute approximate surface area is 177 Å². The third kappa shape index (κ3) is 3.14. The van der Waals surface area contributed by atoms with Crippen LogP contribution in [0.25, 0.3) is 22.4 Å². The van der Waals surface area contributed by atoms with Crippen LogP contribution in [0.15, 0.2) is 77.6 Å². The summed E-state index contributed by atoms with van der Waals surface area (Å²) in [5.41, 5.74) is 9.88. The number of anilines is 2. The average molecular weight is 412 g/mol. The number of rotatable bonds is 5. The standard InChI is InChI=1S/C23H20N6O2/c1-31-19-13-6-5-8-15(19)14-25-17-11-7-12-18-20(17)26-21(24)22-27-29(23(30)28(18)22)16-9-3-2-4-10-16/h2-13,25H,14H2,1H3,(H2,24,26). The molecule has 0 unspecified atom stereocenters. The number of hydrogen-bond acceptors (Lipinski definition) is 6. The lowest BCUT2D eigenvalue weighted by Gasteiger charge is -2.12. The van der Waals surface area contributed by atoms with Crippen LogP contribution in [-0.2, 0) is 6.54 Å². The minimum atomic E-state index is -0.304. The van der Waals surface area contributed by atoms with Gasteiger partial charge >= 0.3 is 5.69 Å². The van der Waals surface area contributed by atoms with E-state index in [9.17, 15) is 4.79 Å². The SMILES string of the molecule is COc1ccccc1CNc1cccc2c1nc(N)c1nn(-c3ccccc3)c(=O)n12. The molecule has 0 fully saturated rings. The van der Waals surface area contributed by atoms with Crippen molar-refractivity contribution in [3.63, 3.8) is 0 Å². The number of aromatic nitrogens is 4. The zero-order chi connectivity index (χ0) is 21.4. The lowest BCUT2D eigenvalue weighted by Crippen LogP contribution is -2.20. The summed E-state index contributed by atoms with van der Waals surface area (Å²) >= 11 is 0. The quantitative estimate of drug-likeness (QED) is 0.460. The second-order valence-corrected chi connectivity index (χ2v) is 7.02. The highest BCUT2D eigenvalue weighted by Gasteiger charge is 2.17. The summed E-state index contributed by atoms with van der Waals surface area (Å²) in [4.78, 5) is 17.8. The van der Waals surface area contributed by atoms with E-state index >= 15 is 0 Å². The predicted molar refractivity (Wildman–Crippen MR) is 121 cm³/mol. The highest BCUT2D eigenvalue weighted by Crippen LogP contribution is 2.26. The summed E-state index contributed by atoms with van der Waals surface area (Å²) < 4.78 is 8.26. The molecule has 0 aliphatic rings. The van der Waals surface area contributed by atoms with Crippen molar-refractivity contribution in [1.82, 2.24) is 19.2 Å². The van der Waals surface area contributed by atoms with Crippen LogP contribution < -0.4 is 21.5 Å². The van der Waals surface area contributed by atoms with Crippen molar-refractivity contribution in [3.05, 3.63) is 88.8 Å². The van der Waals surface area contributed by atoms with Gasteiger partial charge in [0.25, 0.3) is 0 Å². The molecule has 0 atom stereocenters. The smallest absolute Gasteiger partial charge is 0.355 e. The van der Waals surface area contributed by atoms with Crippen LogP contribution in [0.2, 0.25) is 0 Å². The lowest BCUT2D eigenvalue weighted by atomic mass is 10.2. The Morgan fingerprint density at radius 2 is 1.77 bits per heavy atom. The number of ether oxygens (including phenoxy) is 1. The second kappa shape index (κ2) is 7.49. The molecule has 5 rings (SSSR count). The van der Waals surface area contributed by atoms with Gasteiger partial charge in [-0.2, -0.15) is 4.68 Å². The fraction of sp³-hybridized carbons (Fsp3) is 0.0870. The number of nitrogens with zero attached hydrogens (tertiary/aromatic N) is 4. The van der Waals surface area contributed by atoms with Crippen molar-refractivity contribution in [3.8, 4) is 11.4 Å². The first kappa shape index (κ1) is 18.7. The predicted octanol–water partition coefficient (Wildman–Crippen LogP) is 3.24. The normalized spacial score (nSPS) is 11.1. The minimum absolute atomic E-state index is 0.186. The molecule has 3 N–H and O–H groups in total. The summed E-state index contributed by atoms with van der Waals surface area (Å²) in [5.74, 6) is 0.983. The first-order valence-corrected chi connectivity index (χ1v) is 9.78. The zero-order valence-corrected chi connectivity index (χ0v) is 16.8. The van der Waals surface area contributed by atoms with E-state index in [1.54, 1.807) is 7.11 Å². The summed E-state index contributed by atoms with van der Waals surface area (Å²) in [6, 6.07) is 22.6. The van der Waals surface area contributed by atoms with E-state index in [1.165, 1.54) is 9.08 Å². The van der Waals surface area contributed by atoms with Crippen molar-refractivity contribution < 1.29 is 4.74 Å². The van der Waals surface area contributed by atoms with Crippen molar-refractivity contribution in [2.45, 2.75) is 6.54 Å². The molecular weight excluding hydrogens is 392 g/mol. The van der Waals surface area contributed by atoms with Crippen LogP contribution in [0.4, 0.5) is 11.5 Å². The lowest BCUT2D eigenvalue weighted by molar-refractivity contribution is 0.410. The number of methoxy groups -OCH3 is 1. The van der Waals surface area contributed by atoms with E-state index in [-0.39, 0.29) is 11.5 Å². The van der Waals surface area contributed by atoms with Crippen molar-refractivity contribution >= 4 is 28.2 Å².